The van der Waals surface area contributed by atoms with Gasteiger partial charge in [0.2, 0.25) is 0 Å². The average Bonchev–Trinajstić information content (AvgIpc) is 2.46. The highest BCUT2D eigenvalue weighted by Gasteiger charge is 2.05. The highest BCUT2D eigenvalue weighted by Crippen LogP contribution is 2.18. The number of ether oxygens (including phenoxy) is 1. The van der Waals surface area contributed by atoms with E-state index in [1.165, 1.54) is 11.1 Å². The molecule has 2 aromatic rings. The van der Waals surface area contributed by atoms with Crippen molar-refractivity contribution in [1.82, 2.24) is 5.32 Å². The summed E-state index contributed by atoms with van der Waals surface area (Å²) in [6, 6.07) is 16.4. The molecule has 0 amide bonds. The lowest BCUT2D eigenvalue weighted by molar-refractivity contribution is 0.339. The highest BCUT2D eigenvalue weighted by atomic mass is 35.5. The van der Waals surface area contributed by atoms with Crippen LogP contribution in [-0.4, -0.2) is 6.61 Å². The molecular weight excluding hydrogens is 270 g/mol. The number of halogens is 1. The molecule has 0 bridgehead atoms. The summed E-state index contributed by atoms with van der Waals surface area (Å²) in [5.74, 6) is 0.922. The van der Waals surface area contributed by atoms with Crippen LogP contribution in [-0.2, 0) is 6.54 Å². The van der Waals surface area contributed by atoms with Crippen LogP contribution < -0.4 is 10.1 Å². The van der Waals surface area contributed by atoms with Crippen LogP contribution in [0.3, 0.4) is 0 Å². The topological polar surface area (TPSA) is 21.3 Å². The molecule has 2 rings (SSSR count). The molecule has 0 fully saturated rings. The molecule has 0 radical (unpaired) electrons. The van der Waals surface area contributed by atoms with E-state index in [-0.39, 0.29) is 6.04 Å². The van der Waals surface area contributed by atoms with Crippen LogP contribution in [0.1, 0.15) is 31.0 Å². The van der Waals surface area contributed by atoms with Crippen molar-refractivity contribution >= 4 is 11.6 Å². The zero-order chi connectivity index (χ0) is 14.4. The predicted molar refractivity (Wildman–Crippen MR) is 84.3 cm³/mol. The van der Waals surface area contributed by atoms with E-state index < -0.39 is 0 Å². The summed E-state index contributed by atoms with van der Waals surface area (Å²) in [6.45, 7) is 5.64. The first-order valence-electron chi connectivity index (χ1n) is 6.89. The second-order valence-electron chi connectivity index (χ2n) is 4.73. The summed E-state index contributed by atoms with van der Waals surface area (Å²) in [4.78, 5) is 0. The third-order valence-corrected chi connectivity index (χ3v) is 3.44. The van der Waals surface area contributed by atoms with Gasteiger partial charge in [0.15, 0.2) is 0 Å². The second kappa shape index (κ2) is 7.32. The lowest BCUT2D eigenvalue weighted by atomic mass is 10.1. The Bertz CT molecular complexity index is 539. The molecule has 0 spiro atoms. The van der Waals surface area contributed by atoms with Crippen LogP contribution in [0.2, 0.25) is 5.02 Å². The van der Waals surface area contributed by atoms with E-state index in [0.29, 0.717) is 6.61 Å². The molecule has 1 atom stereocenters. The lowest BCUT2D eigenvalue weighted by Crippen LogP contribution is -2.18. The monoisotopic (exact) mass is 289 g/mol. The van der Waals surface area contributed by atoms with Crippen molar-refractivity contribution in [2.45, 2.75) is 26.4 Å². The molecule has 3 heteroatoms. The Kier molecular flexibility index (Phi) is 5.45. The van der Waals surface area contributed by atoms with Gasteiger partial charge in [0.05, 0.1) is 6.61 Å². The fourth-order valence-corrected chi connectivity index (χ4v) is 2.18. The molecule has 106 valence electrons. The summed E-state index contributed by atoms with van der Waals surface area (Å²) >= 11 is 5.90. The first-order chi connectivity index (χ1) is 9.69. The fraction of sp³-hybridized carbons (Fsp3) is 0.294. The second-order valence-corrected chi connectivity index (χ2v) is 5.17. The number of nitrogens with one attached hydrogen (secondary N) is 1. The van der Waals surface area contributed by atoms with E-state index in [0.717, 1.165) is 17.3 Å². The minimum Gasteiger partial charge on any atom is -0.494 e. The summed E-state index contributed by atoms with van der Waals surface area (Å²) < 4.78 is 5.51. The molecule has 0 aliphatic rings. The largest absolute Gasteiger partial charge is 0.494 e. The van der Waals surface area contributed by atoms with Gasteiger partial charge in [-0.3, -0.25) is 0 Å². The molecule has 0 aliphatic carbocycles. The molecule has 20 heavy (non-hydrogen) atoms. The van der Waals surface area contributed by atoms with Gasteiger partial charge in [0.25, 0.3) is 0 Å². The number of hydrogen-bond acceptors (Lipinski definition) is 2. The molecule has 0 saturated carbocycles. The number of rotatable bonds is 6. The van der Waals surface area contributed by atoms with Crippen LogP contribution in [0.5, 0.6) is 5.75 Å². The first kappa shape index (κ1) is 14.9. The Morgan fingerprint density at radius 3 is 2.60 bits per heavy atom. The SMILES string of the molecule is CCOc1cccc(CN[C@H](C)c2ccc(Cl)cc2)c1. The number of benzene rings is 2. The third kappa shape index (κ3) is 4.26. The van der Waals surface area contributed by atoms with Crippen LogP contribution in [0, 0.1) is 0 Å². The minimum atomic E-state index is 0.281. The van der Waals surface area contributed by atoms with Gasteiger partial charge in [0.1, 0.15) is 5.75 Å². The molecule has 0 aliphatic heterocycles. The standard InChI is InChI=1S/C17H20ClNO/c1-3-20-17-6-4-5-14(11-17)12-19-13(2)15-7-9-16(18)10-8-15/h4-11,13,19H,3,12H2,1-2H3/t13-/m1/s1. The molecule has 0 saturated heterocycles. The van der Waals surface area contributed by atoms with E-state index in [4.69, 9.17) is 16.3 Å². The van der Waals surface area contributed by atoms with Gasteiger partial charge in [-0.05, 0) is 49.2 Å². The summed E-state index contributed by atoms with van der Waals surface area (Å²) in [7, 11) is 0. The van der Waals surface area contributed by atoms with Crippen molar-refractivity contribution in [3.63, 3.8) is 0 Å². The van der Waals surface area contributed by atoms with Gasteiger partial charge in [0, 0.05) is 17.6 Å². The van der Waals surface area contributed by atoms with Gasteiger partial charge in [-0.15, -0.1) is 0 Å². The maximum atomic E-state index is 5.90. The van der Waals surface area contributed by atoms with Crippen molar-refractivity contribution in [3.8, 4) is 5.75 Å². The van der Waals surface area contributed by atoms with E-state index in [1.807, 2.05) is 31.2 Å². The zero-order valence-corrected chi connectivity index (χ0v) is 12.7. The van der Waals surface area contributed by atoms with Crippen molar-refractivity contribution in [2.75, 3.05) is 6.61 Å². The number of hydrogen-bond donors (Lipinski definition) is 1. The quantitative estimate of drug-likeness (QED) is 0.840. The van der Waals surface area contributed by atoms with Gasteiger partial charge < -0.3 is 10.1 Å². The van der Waals surface area contributed by atoms with Gasteiger partial charge in [-0.2, -0.15) is 0 Å². The zero-order valence-electron chi connectivity index (χ0n) is 11.9. The normalized spacial score (nSPS) is 12.2. The van der Waals surface area contributed by atoms with Crippen LogP contribution in [0.4, 0.5) is 0 Å². The molecule has 0 aromatic heterocycles. The van der Waals surface area contributed by atoms with E-state index >= 15 is 0 Å². The van der Waals surface area contributed by atoms with E-state index in [2.05, 4.69) is 36.5 Å². The predicted octanol–water partition coefficient (Wildman–Crippen LogP) is 4.59. The Balaban J connectivity index is 1.94. The summed E-state index contributed by atoms with van der Waals surface area (Å²) in [5.41, 5.74) is 2.45. The average molecular weight is 290 g/mol. The molecule has 2 nitrogen and oxygen atoms in total. The van der Waals surface area contributed by atoms with Crippen molar-refractivity contribution in [2.24, 2.45) is 0 Å². The maximum Gasteiger partial charge on any atom is 0.119 e. The molecular formula is C17H20ClNO. The van der Waals surface area contributed by atoms with Crippen LogP contribution >= 0.6 is 11.6 Å². The van der Waals surface area contributed by atoms with Crippen molar-refractivity contribution in [1.29, 1.82) is 0 Å². The highest BCUT2D eigenvalue weighted by molar-refractivity contribution is 6.30. The Hall–Kier alpha value is -1.51. The third-order valence-electron chi connectivity index (χ3n) is 3.19. The van der Waals surface area contributed by atoms with Gasteiger partial charge in [-0.1, -0.05) is 35.9 Å². The molecule has 1 N–H and O–H groups in total. The minimum absolute atomic E-state index is 0.281. The summed E-state index contributed by atoms with van der Waals surface area (Å²) in [6.07, 6.45) is 0. The molecule has 0 unspecified atom stereocenters. The van der Waals surface area contributed by atoms with Gasteiger partial charge in [-0.25, -0.2) is 0 Å². The Morgan fingerprint density at radius 2 is 1.90 bits per heavy atom. The molecule has 2 aromatic carbocycles. The fourth-order valence-electron chi connectivity index (χ4n) is 2.05. The maximum absolute atomic E-state index is 5.90. The van der Waals surface area contributed by atoms with Crippen molar-refractivity contribution < 1.29 is 4.74 Å². The first-order valence-corrected chi connectivity index (χ1v) is 7.27. The van der Waals surface area contributed by atoms with Gasteiger partial charge >= 0.3 is 0 Å². The van der Waals surface area contributed by atoms with E-state index in [9.17, 15) is 0 Å². The van der Waals surface area contributed by atoms with Crippen LogP contribution in [0.15, 0.2) is 48.5 Å². The Labute approximate surface area is 125 Å². The Morgan fingerprint density at radius 1 is 1.15 bits per heavy atom. The lowest BCUT2D eigenvalue weighted by Gasteiger charge is -2.15. The van der Waals surface area contributed by atoms with Crippen LogP contribution in [0.25, 0.3) is 0 Å². The molecule has 0 heterocycles. The van der Waals surface area contributed by atoms with E-state index in [1.54, 1.807) is 0 Å². The summed E-state index contributed by atoms with van der Waals surface area (Å²) in [5, 5.41) is 4.27. The van der Waals surface area contributed by atoms with Crippen molar-refractivity contribution in [3.05, 3.63) is 64.7 Å². The smallest absolute Gasteiger partial charge is 0.119 e.